The molecule has 46 heavy (non-hydrogen) atoms. The van der Waals surface area contributed by atoms with Gasteiger partial charge in [0, 0.05) is 66.1 Å². The van der Waals surface area contributed by atoms with Gasteiger partial charge in [-0.25, -0.2) is 0 Å². The summed E-state index contributed by atoms with van der Waals surface area (Å²) in [5.74, 6) is -0.404. The summed E-state index contributed by atoms with van der Waals surface area (Å²) < 4.78 is 10.5. The molecule has 10 heteroatoms. The number of likely N-dealkylation sites (N-methyl/N-ethyl adjacent to an activating group) is 1. The highest BCUT2D eigenvalue weighted by Gasteiger charge is 2.30. The quantitative estimate of drug-likeness (QED) is 0.192. The molecule has 2 aliphatic rings. The number of ether oxygens (including phenoxy) is 2. The zero-order chi connectivity index (χ0) is 32.2. The van der Waals surface area contributed by atoms with E-state index in [0.29, 0.717) is 39.6 Å². The van der Waals surface area contributed by atoms with E-state index in [1.165, 1.54) is 19.9 Å². The van der Waals surface area contributed by atoms with Gasteiger partial charge in [-0.15, -0.1) is 0 Å². The number of ketones is 1. The van der Waals surface area contributed by atoms with Gasteiger partial charge in [0.05, 0.1) is 19.9 Å². The minimum absolute atomic E-state index is 0.197. The van der Waals surface area contributed by atoms with E-state index in [-0.39, 0.29) is 17.6 Å². The molecule has 1 saturated heterocycles. The fourth-order valence-corrected chi connectivity index (χ4v) is 5.64. The number of hydrogen-bond donors (Lipinski definition) is 2. The molecule has 0 bridgehead atoms. The van der Waals surface area contributed by atoms with Gasteiger partial charge < -0.3 is 29.9 Å². The van der Waals surface area contributed by atoms with Crippen molar-refractivity contribution >= 4 is 46.6 Å². The van der Waals surface area contributed by atoms with Crippen molar-refractivity contribution in [3.63, 3.8) is 0 Å². The van der Waals surface area contributed by atoms with Gasteiger partial charge in [0.15, 0.2) is 17.3 Å². The van der Waals surface area contributed by atoms with Crippen LogP contribution in [0.15, 0.2) is 89.9 Å². The molecule has 0 spiro atoms. The fraction of sp³-hybridized carbons (Fsp3) is 0.222. The van der Waals surface area contributed by atoms with E-state index in [4.69, 9.17) is 9.47 Å². The number of carbonyl (C=O) groups is 3. The first kappa shape index (κ1) is 30.5. The molecule has 0 radical (unpaired) electrons. The van der Waals surface area contributed by atoms with Crippen LogP contribution in [0.3, 0.4) is 0 Å². The van der Waals surface area contributed by atoms with Gasteiger partial charge in [0.25, 0.3) is 5.91 Å². The van der Waals surface area contributed by atoms with Crippen LogP contribution in [0.25, 0.3) is 0 Å². The Hall–Kier alpha value is -5.48. The molecule has 1 unspecified atom stereocenters. The Morgan fingerprint density at radius 3 is 2.30 bits per heavy atom. The van der Waals surface area contributed by atoms with Crippen LogP contribution in [0.5, 0.6) is 11.5 Å². The Balaban J connectivity index is 1.13. The normalized spacial score (nSPS) is 16.2. The number of nitrogens with zero attached hydrogens (tertiary/aromatic N) is 3. The van der Waals surface area contributed by atoms with E-state index in [0.717, 1.165) is 37.4 Å². The molecule has 2 N–H and O–H groups in total. The summed E-state index contributed by atoms with van der Waals surface area (Å²) in [6, 6.07) is 24.8. The van der Waals surface area contributed by atoms with Crippen LogP contribution >= 0.6 is 0 Å². The van der Waals surface area contributed by atoms with Crippen LogP contribution < -0.4 is 25.0 Å². The topological polar surface area (TPSA) is 113 Å². The smallest absolute Gasteiger partial charge is 0.255 e. The third-order valence-electron chi connectivity index (χ3n) is 8.31. The number of piperazine rings is 1. The number of aliphatic imine (C=N–C) groups is 1. The van der Waals surface area contributed by atoms with Gasteiger partial charge in [-0.1, -0.05) is 24.3 Å². The van der Waals surface area contributed by atoms with Crippen molar-refractivity contribution in [1.82, 2.24) is 4.90 Å². The van der Waals surface area contributed by atoms with Crippen LogP contribution in [-0.4, -0.2) is 76.2 Å². The predicted molar refractivity (Wildman–Crippen MR) is 179 cm³/mol. The van der Waals surface area contributed by atoms with Gasteiger partial charge in [-0.05, 0) is 73.3 Å². The van der Waals surface area contributed by atoms with Crippen molar-refractivity contribution in [2.24, 2.45) is 4.99 Å². The van der Waals surface area contributed by atoms with Crippen molar-refractivity contribution in [2.45, 2.75) is 5.92 Å². The predicted octanol–water partition coefficient (Wildman–Crippen LogP) is 5.38. The Bertz CT molecular complexity index is 1810. The number of benzene rings is 4. The van der Waals surface area contributed by atoms with Crippen LogP contribution in [-0.2, 0) is 4.79 Å². The first-order chi connectivity index (χ1) is 22.3. The number of hydrogen-bond acceptors (Lipinski definition) is 8. The molecular weight excluding hydrogens is 582 g/mol. The van der Waals surface area contributed by atoms with E-state index in [9.17, 15) is 14.4 Å². The van der Waals surface area contributed by atoms with Crippen LogP contribution in [0.2, 0.25) is 0 Å². The molecule has 4 aromatic carbocycles. The Labute approximate surface area is 267 Å². The zero-order valence-corrected chi connectivity index (χ0v) is 25.9. The Morgan fingerprint density at radius 2 is 1.57 bits per heavy atom. The van der Waals surface area contributed by atoms with Crippen molar-refractivity contribution in [1.29, 1.82) is 0 Å². The average Bonchev–Trinajstić information content (AvgIpc) is 3.41. The van der Waals surface area contributed by atoms with Crippen LogP contribution in [0, 0.1) is 0 Å². The second kappa shape index (κ2) is 13.3. The lowest BCUT2D eigenvalue weighted by Crippen LogP contribution is -2.44. The molecule has 234 valence electrons. The van der Waals surface area contributed by atoms with Crippen molar-refractivity contribution < 1.29 is 23.9 Å². The lowest BCUT2D eigenvalue weighted by molar-refractivity contribution is -0.115. The summed E-state index contributed by atoms with van der Waals surface area (Å²) in [6.07, 6.45) is 1.65. The molecule has 10 nitrogen and oxygen atoms in total. The number of rotatable bonds is 9. The molecule has 0 saturated carbocycles. The lowest BCUT2D eigenvalue weighted by Gasteiger charge is -2.34. The van der Waals surface area contributed by atoms with Crippen molar-refractivity contribution in [3.05, 3.63) is 107 Å². The monoisotopic (exact) mass is 617 g/mol. The number of carbonyl (C=O) groups excluding carboxylic acids is 3. The summed E-state index contributed by atoms with van der Waals surface area (Å²) in [4.78, 5) is 48.5. The van der Waals surface area contributed by atoms with Crippen LogP contribution in [0.4, 0.5) is 22.7 Å². The van der Waals surface area contributed by atoms with Gasteiger partial charge in [-0.3, -0.25) is 19.4 Å². The maximum Gasteiger partial charge on any atom is 0.255 e. The molecule has 1 atom stereocenters. The summed E-state index contributed by atoms with van der Waals surface area (Å²) in [5, 5.41) is 5.72. The van der Waals surface area contributed by atoms with Gasteiger partial charge in [-0.2, -0.15) is 0 Å². The van der Waals surface area contributed by atoms with E-state index < -0.39 is 5.92 Å². The zero-order valence-electron chi connectivity index (χ0n) is 25.9. The molecule has 0 aromatic heterocycles. The molecule has 2 amide bonds. The molecule has 2 aliphatic heterocycles. The standard InChI is InChI=1S/C36H35N5O5/c1-40-15-17-41(18-16-40)28-11-9-26(10-12-28)37-22-30-29-13-7-24(20-31(29)39-36(30)44)34(42)23-5-4-6-27(19-23)38-35(43)25-8-14-32(45-2)33(21-25)46-3/h4-14,19-22,30H,15-18H2,1-3H3,(H,38,43)(H,39,44). The molecule has 6 rings (SSSR count). The number of amides is 2. The highest BCUT2D eigenvalue weighted by Crippen LogP contribution is 2.34. The molecule has 1 fully saturated rings. The first-order valence-corrected chi connectivity index (χ1v) is 15.0. The summed E-state index contributed by atoms with van der Waals surface area (Å²) in [7, 11) is 5.16. The fourth-order valence-electron chi connectivity index (χ4n) is 5.64. The second-order valence-electron chi connectivity index (χ2n) is 11.3. The number of nitrogens with one attached hydrogen (secondary N) is 2. The molecule has 0 aliphatic carbocycles. The second-order valence-corrected chi connectivity index (χ2v) is 11.3. The van der Waals surface area contributed by atoms with Crippen molar-refractivity contribution in [2.75, 3.05) is 63.0 Å². The Morgan fingerprint density at radius 1 is 0.848 bits per heavy atom. The highest BCUT2D eigenvalue weighted by atomic mass is 16.5. The third kappa shape index (κ3) is 6.47. The van der Waals surface area contributed by atoms with Gasteiger partial charge >= 0.3 is 0 Å². The van der Waals surface area contributed by atoms with E-state index >= 15 is 0 Å². The van der Waals surface area contributed by atoms with E-state index in [2.05, 4.69) is 44.6 Å². The highest BCUT2D eigenvalue weighted by molar-refractivity contribution is 6.15. The summed E-state index contributed by atoms with van der Waals surface area (Å²) in [6.45, 7) is 4.06. The summed E-state index contributed by atoms with van der Waals surface area (Å²) >= 11 is 0. The first-order valence-electron chi connectivity index (χ1n) is 15.0. The number of anilines is 3. The van der Waals surface area contributed by atoms with Gasteiger partial charge in [0.2, 0.25) is 5.91 Å². The molecular formula is C36H35N5O5. The number of fused-ring (bicyclic) bond motifs is 1. The van der Waals surface area contributed by atoms with E-state index in [1.54, 1.807) is 66.9 Å². The van der Waals surface area contributed by atoms with Crippen molar-refractivity contribution in [3.8, 4) is 11.5 Å². The molecule has 4 aromatic rings. The maximum absolute atomic E-state index is 13.5. The largest absolute Gasteiger partial charge is 0.493 e. The van der Waals surface area contributed by atoms with Gasteiger partial charge in [0.1, 0.15) is 5.92 Å². The van der Waals surface area contributed by atoms with E-state index in [1.807, 2.05) is 12.1 Å². The maximum atomic E-state index is 13.5. The van der Waals surface area contributed by atoms with Crippen LogP contribution in [0.1, 0.15) is 37.8 Å². The average molecular weight is 618 g/mol. The SMILES string of the molecule is COc1ccc(C(=O)Nc2cccc(C(=O)c3ccc4c(c3)NC(=O)C4C=Nc3ccc(N4CCN(C)CC4)cc3)c2)cc1OC. The Kier molecular flexibility index (Phi) is 8.80. The number of methoxy groups -OCH3 is 2. The third-order valence-corrected chi connectivity index (χ3v) is 8.31. The minimum Gasteiger partial charge on any atom is -0.493 e. The lowest BCUT2D eigenvalue weighted by atomic mass is 9.97. The molecule has 2 heterocycles. The minimum atomic E-state index is -0.563. The summed E-state index contributed by atoms with van der Waals surface area (Å²) in [5.41, 5.74) is 4.93.